The fraction of sp³-hybridized carbons (Fsp3) is 0.438. The average Bonchev–Trinajstić information content (AvgIpc) is 2.46. The van der Waals surface area contributed by atoms with Gasteiger partial charge in [-0.15, -0.1) is 0 Å². The van der Waals surface area contributed by atoms with Gasteiger partial charge in [-0.1, -0.05) is 29.8 Å². The van der Waals surface area contributed by atoms with Crippen molar-refractivity contribution >= 4 is 12.0 Å². The number of amides is 1. The van der Waals surface area contributed by atoms with Gasteiger partial charge in [0, 0.05) is 25.8 Å². The van der Waals surface area contributed by atoms with Crippen LogP contribution in [0.1, 0.15) is 24.0 Å². The van der Waals surface area contributed by atoms with E-state index < -0.39 is 0 Å². The highest BCUT2D eigenvalue weighted by atomic mass is 16.3. The van der Waals surface area contributed by atoms with Crippen molar-refractivity contribution in [2.45, 2.75) is 19.8 Å². The molecular formula is C16H21NO2. The molecule has 1 heterocycles. The largest absolute Gasteiger partial charge is 0.396 e. The molecule has 3 heteroatoms. The topological polar surface area (TPSA) is 40.5 Å². The Morgan fingerprint density at radius 1 is 1.42 bits per heavy atom. The summed E-state index contributed by atoms with van der Waals surface area (Å²) in [5.74, 6) is 0.282. The molecule has 1 aliphatic heterocycles. The van der Waals surface area contributed by atoms with Crippen LogP contribution in [0.15, 0.2) is 30.3 Å². The quantitative estimate of drug-likeness (QED) is 0.846. The van der Waals surface area contributed by atoms with Crippen molar-refractivity contribution in [2.75, 3.05) is 19.7 Å². The summed E-state index contributed by atoms with van der Waals surface area (Å²) in [6, 6.07) is 8.08. The molecule has 1 amide bonds. The Bertz CT molecular complexity index is 450. The van der Waals surface area contributed by atoms with Crippen molar-refractivity contribution in [3.8, 4) is 0 Å². The number of hydrogen-bond acceptors (Lipinski definition) is 2. The van der Waals surface area contributed by atoms with E-state index in [4.69, 9.17) is 5.11 Å². The molecule has 1 aliphatic rings. The first kappa shape index (κ1) is 13.8. The van der Waals surface area contributed by atoms with Crippen LogP contribution in [0.5, 0.6) is 0 Å². The maximum atomic E-state index is 12.1. The number of aliphatic hydroxyl groups excluding tert-OH is 1. The molecule has 0 aliphatic carbocycles. The number of hydrogen-bond donors (Lipinski definition) is 1. The lowest BCUT2D eigenvalue weighted by atomic mass is 9.99. The molecule has 0 aromatic heterocycles. The Kier molecular flexibility index (Phi) is 4.74. The van der Waals surface area contributed by atoms with Gasteiger partial charge < -0.3 is 10.0 Å². The SMILES string of the molecule is Cc1ccc(/C=C/C(=O)N2CCCC(CO)C2)cc1. The highest BCUT2D eigenvalue weighted by Gasteiger charge is 2.21. The van der Waals surface area contributed by atoms with Crippen LogP contribution < -0.4 is 0 Å². The summed E-state index contributed by atoms with van der Waals surface area (Å²) >= 11 is 0. The minimum Gasteiger partial charge on any atom is -0.396 e. The molecular weight excluding hydrogens is 238 g/mol. The van der Waals surface area contributed by atoms with Crippen molar-refractivity contribution in [2.24, 2.45) is 5.92 Å². The lowest BCUT2D eigenvalue weighted by Crippen LogP contribution is -2.40. The number of aliphatic hydroxyl groups is 1. The Morgan fingerprint density at radius 2 is 2.16 bits per heavy atom. The van der Waals surface area contributed by atoms with Crippen molar-refractivity contribution < 1.29 is 9.90 Å². The number of benzene rings is 1. The minimum atomic E-state index is 0.0405. The molecule has 1 unspecified atom stereocenters. The molecule has 19 heavy (non-hydrogen) atoms. The smallest absolute Gasteiger partial charge is 0.246 e. The van der Waals surface area contributed by atoms with Crippen molar-refractivity contribution in [3.63, 3.8) is 0 Å². The third kappa shape index (κ3) is 3.93. The molecule has 0 radical (unpaired) electrons. The van der Waals surface area contributed by atoms with Gasteiger partial charge >= 0.3 is 0 Å². The van der Waals surface area contributed by atoms with Crippen molar-refractivity contribution in [1.82, 2.24) is 4.90 Å². The van der Waals surface area contributed by atoms with E-state index in [1.54, 1.807) is 6.08 Å². The van der Waals surface area contributed by atoms with Crippen molar-refractivity contribution in [3.05, 3.63) is 41.5 Å². The fourth-order valence-corrected chi connectivity index (χ4v) is 2.36. The van der Waals surface area contributed by atoms with Crippen LogP contribution in [-0.4, -0.2) is 35.6 Å². The Labute approximate surface area is 114 Å². The predicted octanol–water partition coefficient (Wildman–Crippen LogP) is 2.24. The maximum Gasteiger partial charge on any atom is 0.246 e. The molecule has 1 atom stereocenters. The summed E-state index contributed by atoms with van der Waals surface area (Å²) in [6.45, 7) is 3.69. The van der Waals surface area contributed by atoms with Crippen LogP contribution in [0.25, 0.3) is 6.08 Å². The van der Waals surface area contributed by atoms with E-state index in [0.717, 1.165) is 24.9 Å². The van der Waals surface area contributed by atoms with Gasteiger partial charge in [0.15, 0.2) is 0 Å². The Morgan fingerprint density at radius 3 is 2.84 bits per heavy atom. The molecule has 1 aromatic rings. The summed E-state index contributed by atoms with van der Waals surface area (Å²) in [6.07, 6.45) is 5.48. The number of rotatable bonds is 3. The van der Waals surface area contributed by atoms with Crippen LogP contribution in [0.3, 0.4) is 0 Å². The second kappa shape index (κ2) is 6.53. The minimum absolute atomic E-state index is 0.0405. The Balaban J connectivity index is 1.94. The number of carbonyl (C=O) groups excluding carboxylic acids is 1. The monoisotopic (exact) mass is 259 g/mol. The van der Waals surface area contributed by atoms with Gasteiger partial charge in [0.2, 0.25) is 5.91 Å². The number of likely N-dealkylation sites (tertiary alicyclic amines) is 1. The third-order valence-electron chi connectivity index (χ3n) is 3.58. The molecule has 0 spiro atoms. The number of carbonyl (C=O) groups is 1. The first-order chi connectivity index (χ1) is 9.19. The number of piperidine rings is 1. The van der Waals surface area contributed by atoms with Gasteiger partial charge in [-0.25, -0.2) is 0 Å². The summed E-state index contributed by atoms with van der Waals surface area (Å²) in [5, 5.41) is 9.17. The lowest BCUT2D eigenvalue weighted by Gasteiger charge is -2.31. The van der Waals surface area contributed by atoms with Gasteiger partial charge in [0.1, 0.15) is 0 Å². The first-order valence-electron chi connectivity index (χ1n) is 6.83. The molecule has 3 nitrogen and oxygen atoms in total. The van der Waals surface area contributed by atoms with Crippen LogP contribution >= 0.6 is 0 Å². The average molecular weight is 259 g/mol. The second-order valence-corrected chi connectivity index (χ2v) is 5.22. The lowest BCUT2D eigenvalue weighted by molar-refractivity contribution is -0.127. The molecule has 102 valence electrons. The van der Waals surface area contributed by atoms with E-state index in [1.807, 2.05) is 42.2 Å². The molecule has 1 N–H and O–H groups in total. The zero-order valence-corrected chi connectivity index (χ0v) is 11.4. The maximum absolute atomic E-state index is 12.1. The van der Waals surface area contributed by atoms with E-state index in [1.165, 1.54) is 5.56 Å². The highest BCUT2D eigenvalue weighted by molar-refractivity contribution is 5.91. The Hall–Kier alpha value is -1.61. The zero-order valence-electron chi connectivity index (χ0n) is 11.4. The highest BCUT2D eigenvalue weighted by Crippen LogP contribution is 2.16. The van der Waals surface area contributed by atoms with E-state index >= 15 is 0 Å². The van der Waals surface area contributed by atoms with E-state index in [9.17, 15) is 4.79 Å². The van der Waals surface area contributed by atoms with Crippen LogP contribution in [0, 0.1) is 12.8 Å². The van der Waals surface area contributed by atoms with Gasteiger partial charge in [0.25, 0.3) is 0 Å². The number of nitrogens with zero attached hydrogens (tertiary/aromatic N) is 1. The van der Waals surface area contributed by atoms with E-state index in [-0.39, 0.29) is 18.4 Å². The molecule has 1 aromatic carbocycles. The van der Waals surface area contributed by atoms with Gasteiger partial charge in [-0.05, 0) is 37.3 Å². The normalized spacial score (nSPS) is 19.9. The summed E-state index contributed by atoms with van der Waals surface area (Å²) in [4.78, 5) is 13.9. The fourth-order valence-electron chi connectivity index (χ4n) is 2.36. The standard InChI is InChI=1S/C16H21NO2/c1-13-4-6-14(7-5-13)8-9-16(19)17-10-2-3-15(11-17)12-18/h4-9,15,18H,2-3,10-12H2,1H3/b9-8+. The van der Waals surface area contributed by atoms with E-state index in [2.05, 4.69) is 0 Å². The predicted molar refractivity (Wildman–Crippen MR) is 76.6 cm³/mol. The van der Waals surface area contributed by atoms with E-state index in [0.29, 0.717) is 6.54 Å². The summed E-state index contributed by atoms with van der Waals surface area (Å²) in [7, 11) is 0. The zero-order chi connectivity index (χ0) is 13.7. The first-order valence-corrected chi connectivity index (χ1v) is 6.83. The van der Waals surface area contributed by atoms with Crippen LogP contribution in [0.4, 0.5) is 0 Å². The van der Waals surface area contributed by atoms with Gasteiger partial charge in [-0.2, -0.15) is 0 Å². The molecule has 2 rings (SSSR count). The summed E-state index contributed by atoms with van der Waals surface area (Å²) < 4.78 is 0. The second-order valence-electron chi connectivity index (χ2n) is 5.22. The summed E-state index contributed by atoms with van der Waals surface area (Å²) in [5.41, 5.74) is 2.25. The van der Waals surface area contributed by atoms with Crippen molar-refractivity contribution in [1.29, 1.82) is 0 Å². The molecule has 1 saturated heterocycles. The molecule has 0 bridgehead atoms. The number of aryl methyl sites for hydroxylation is 1. The van der Waals surface area contributed by atoms with Gasteiger partial charge in [0.05, 0.1) is 0 Å². The third-order valence-corrected chi connectivity index (χ3v) is 3.58. The van der Waals surface area contributed by atoms with Crippen LogP contribution in [-0.2, 0) is 4.79 Å². The molecule has 1 fully saturated rings. The van der Waals surface area contributed by atoms with Crippen LogP contribution in [0.2, 0.25) is 0 Å². The van der Waals surface area contributed by atoms with Gasteiger partial charge in [-0.3, -0.25) is 4.79 Å². The molecule has 0 saturated carbocycles.